The van der Waals surface area contributed by atoms with E-state index in [1.54, 1.807) is 11.8 Å². The third-order valence-electron chi connectivity index (χ3n) is 15.9. The van der Waals surface area contributed by atoms with Gasteiger partial charge in [0.1, 0.15) is 17.6 Å². The Labute approximate surface area is 388 Å². The van der Waals surface area contributed by atoms with Crippen LogP contribution in [0.4, 0.5) is 0 Å². The number of hydrogen-bond donors (Lipinski definition) is 5. The molecule has 8 rings (SSSR count). The summed E-state index contributed by atoms with van der Waals surface area (Å²) in [6.07, 6.45) is 12.6. The molecule has 0 spiro atoms. The van der Waals surface area contributed by atoms with Crippen molar-refractivity contribution in [2.24, 2.45) is 35.5 Å². The maximum Gasteiger partial charge on any atom is 0.249 e. The van der Waals surface area contributed by atoms with E-state index in [-0.39, 0.29) is 95.8 Å². The van der Waals surface area contributed by atoms with Gasteiger partial charge < -0.3 is 25.4 Å². The summed E-state index contributed by atoms with van der Waals surface area (Å²) >= 11 is 1.73. The third kappa shape index (κ3) is 11.8. The first-order valence-corrected chi connectivity index (χ1v) is 25.9. The molecule has 3 saturated carbocycles. The molecule has 3 aliphatic carbocycles. The molecule has 7 unspecified atom stereocenters. The second-order valence-corrected chi connectivity index (χ2v) is 22.4. The maximum absolute atomic E-state index is 13.8. The van der Waals surface area contributed by atoms with E-state index in [9.17, 15) is 33.6 Å². The van der Waals surface area contributed by atoms with Gasteiger partial charge in [0, 0.05) is 68.5 Å². The zero-order valence-corrected chi connectivity index (χ0v) is 39.6. The molecule has 5 aliphatic heterocycles. The lowest BCUT2D eigenvalue weighted by Gasteiger charge is -2.46. The van der Waals surface area contributed by atoms with Crippen LogP contribution in [0.15, 0.2) is 0 Å². The smallest absolute Gasteiger partial charge is 0.249 e. The van der Waals surface area contributed by atoms with Crippen molar-refractivity contribution in [3.05, 3.63) is 0 Å². The van der Waals surface area contributed by atoms with E-state index in [0.29, 0.717) is 51.1 Å². The molecule has 8 fully saturated rings. The second-order valence-electron chi connectivity index (χ2n) is 21.2. The molecule has 17 nitrogen and oxygen atoms in total. The molecule has 7 amide bonds. The van der Waals surface area contributed by atoms with Gasteiger partial charge in [0.15, 0.2) is 0 Å². The van der Waals surface area contributed by atoms with E-state index in [2.05, 4.69) is 57.2 Å². The first-order chi connectivity index (χ1) is 31.2. The maximum atomic E-state index is 13.8. The minimum absolute atomic E-state index is 0.0225. The van der Waals surface area contributed by atoms with Crippen molar-refractivity contribution in [3.63, 3.8) is 0 Å². The topological polar surface area (TPSA) is 208 Å². The molecule has 0 aromatic rings. The normalized spacial score (nSPS) is 33.6. The Balaban J connectivity index is 0.711. The summed E-state index contributed by atoms with van der Waals surface area (Å²) in [5.41, 5.74) is -0.209. The number of fused-ring (bicyclic) bond motifs is 1. The van der Waals surface area contributed by atoms with Gasteiger partial charge in [-0.2, -0.15) is 0 Å². The van der Waals surface area contributed by atoms with Gasteiger partial charge in [-0.25, -0.2) is 0 Å². The monoisotopic (exact) mass is 927 g/mol. The number of amides is 7. The molecule has 0 aromatic heterocycles. The summed E-state index contributed by atoms with van der Waals surface area (Å²) in [5, 5.41) is 15.2. The Morgan fingerprint density at radius 3 is 2.32 bits per heavy atom. The number of ether oxygens (including phenoxy) is 2. The van der Waals surface area contributed by atoms with Gasteiger partial charge in [-0.3, -0.25) is 58.9 Å². The van der Waals surface area contributed by atoms with Crippen LogP contribution in [0, 0.1) is 35.5 Å². The minimum atomic E-state index is -0.901. The molecule has 5 saturated heterocycles. The van der Waals surface area contributed by atoms with Crippen LogP contribution < -0.4 is 26.6 Å². The van der Waals surface area contributed by atoms with Crippen molar-refractivity contribution in [2.75, 3.05) is 58.3 Å². The lowest BCUT2D eigenvalue weighted by Crippen LogP contribution is -2.58. The van der Waals surface area contributed by atoms with Crippen LogP contribution in [0.5, 0.6) is 0 Å². The molecule has 5 heterocycles. The van der Waals surface area contributed by atoms with Gasteiger partial charge in [0.25, 0.3) is 0 Å². The van der Waals surface area contributed by atoms with Crippen LogP contribution in [0.25, 0.3) is 0 Å². The number of imide groups is 2. The Hall–Kier alpha value is -3.16. The van der Waals surface area contributed by atoms with Gasteiger partial charge in [-0.05, 0) is 110 Å². The molecule has 0 aromatic carbocycles. The fraction of sp³-hybridized carbons (Fsp3) is 0.851. The van der Waals surface area contributed by atoms with E-state index < -0.39 is 29.8 Å². The molecule has 0 bridgehead atoms. The number of hydrogen-bond acceptors (Lipinski definition) is 13. The number of carbonyl (C=O) groups is 7. The number of likely N-dealkylation sites (tertiary alicyclic amines) is 3. The van der Waals surface area contributed by atoms with E-state index in [1.807, 2.05) is 0 Å². The molecule has 8 aliphatic rings. The van der Waals surface area contributed by atoms with Crippen molar-refractivity contribution in [2.45, 2.75) is 158 Å². The molecular weight excluding hydrogens is 853 g/mol. The van der Waals surface area contributed by atoms with Crippen LogP contribution in [-0.2, 0) is 43.0 Å². The minimum Gasteiger partial charge on any atom is -0.378 e. The number of piperidine rings is 1. The standard InChI is InChI=1S/C47H74N8O9S/c1-47(2,3)54-19-17-31(22-54)41(58)49-36(42(59)52-46-50-37(27-65-46)29-7-5-4-6-8-29)26-63-25-28-9-11-30(12-10-28)40(57)48-18-20-64-33-23-53(24-33)32-13-14-34-35(21-32)45(62)55(44(34)61)38-15-16-39(56)51-43(38)60/h28-38,46,50H,4-27H2,1-3H3,(H,48,57)(H,49,58)(H,52,59)(H,51,56,60)/t28?,30?,31?,32?,34?,35?,36-,37?,38?,46?/m0/s1. The van der Waals surface area contributed by atoms with E-state index in [4.69, 9.17) is 9.47 Å². The highest BCUT2D eigenvalue weighted by molar-refractivity contribution is 8.00. The van der Waals surface area contributed by atoms with Crippen molar-refractivity contribution in [3.8, 4) is 0 Å². The molecule has 8 atom stereocenters. The summed E-state index contributed by atoms with van der Waals surface area (Å²) < 4.78 is 12.3. The van der Waals surface area contributed by atoms with Crippen molar-refractivity contribution in [1.82, 2.24) is 41.3 Å². The average Bonchev–Trinajstić information content (AvgIpc) is 4.02. The van der Waals surface area contributed by atoms with Gasteiger partial charge >= 0.3 is 0 Å². The predicted molar refractivity (Wildman–Crippen MR) is 242 cm³/mol. The zero-order valence-electron chi connectivity index (χ0n) is 38.8. The van der Waals surface area contributed by atoms with Crippen molar-refractivity contribution >= 4 is 53.1 Å². The average molecular weight is 927 g/mol. The molecule has 362 valence electrons. The quantitative estimate of drug-likeness (QED) is 0.111. The summed E-state index contributed by atoms with van der Waals surface area (Å²) in [6, 6.07) is -1.14. The zero-order chi connectivity index (χ0) is 45.8. The summed E-state index contributed by atoms with van der Waals surface area (Å²) in [5.74, 6) is -0.965. The molecular formula is C47H74N8O9S. The van der Waals surface area contributed by atoms with E-state index in [1.165, 1.54) is 32.1 Å². The number of rotatable bonds is 16. The van der Waals surface area contributed by atoms with E-state index >= 15 is 0 Å². The van der Waals surface area contributed by atoms with E-state index in [0.717, 1.165) is 68.8 Å². The van der Waals surface area contributed by atoms with Crippen LogP contribution in [0.2, 0.25) is 0 Å². The second kappa shape index (κ2) is 21.4. The molecule has 18 heteroatoms. The highest BCUT2D eigenvalue weighted by Gasteiger charge is 2.55. The largest absolute Gasteiger partial charge is 0.378 e. The predicted octanol–water partition coefficient (Wildman–Crippen LogP) is 1.88. The fourth-order valence-corrected chi connectivity index (χ4v) is 13.0. The van der Waals surface area contributed by atoms with Crippen molar-refractivity contribution < 1.29 is 43.0 Å². The lowest BCUT2D eigenvalue weighted by atomic mass is 9.77. The summed E-state index contributed by atoms with van der Waals surface area (Å²) in [4.78, 5) is 96.8. The van der Waals surface area contributed by atoms with Gasteiger partial charge in [-0.15, -0.1) is 11.8 Å². The number of carbonyl (C=O) groups excluding carboxylic acids is 7. The number of nitrogens with zero attached hydrogens (tertiary/aromatic N) is 3. The lowest BCUT2D eigenvalue weighted by molar-refractivity contribution is -0.151. The first-order valence-electron chi connectivity index (χ1n) is 24.9. The van der Waals surface area contributed by atoms with Crippen LogP contribution in [0.1, 0.15) is 117 Å². The van der Waals surface area contributed by atoms with Gasteiger partial charge in [0.05, 0.1) is 37.1 Å². The van der Waals surface area contributed by atoms with Gasteiger partial charge in [-0.1, -0.05) is 19.3 Å². The number of thioether (sulfide) groups is 1. The summed E-state index contributed by atoms with van der Waals surface area (Å²) in [7, 11) is 0. The van der Waals surface area contributed by atoms with Crippen LogP contribution in [-0.4, -0.2) is 156 Å². The highest BCUT2D eigenvalue weighted by Crippen LogP contribution is 2.42. The fourth-order valence-electron chi connectivity index (χ4n) is 11.8. The van der Waals surface area contributed by atoms with Crippen LogP contribution in [0.3, 0.4) is 0 Å². The van der Waals surface area contributed by atoms with Gasteiger partial charge in [0.2, 0.25) is 41.4 Å². The highest BCUT2D eigenvalue weighted by atomic mass is 32.2. The molecule has 0 radical (unpaired) electrons. The Bertz CT molecular complexity index is 1760. The Morgan fingerprint density at radius 1 is 0.846 bits per heavy atom. The molecule has 5 N–H and O–H groups in total. The number of nitrogens with one attached hydrogen (secondary N) is 5. The SMILES string of the molecule is CC(C)(C)N1CCC(C(=O)N[C@@H](COCC2CCC(C(=O)NCCOC3CN(C4CCC5C(=O)N(C6CCC(=O)NC6=O)C(=O)C5C4)C3)CC2)C(=O)NC2NC(C3CCCCC3)CS2)C1. The van der Waals surface area contributed by atoms with Crippen LogP contribution >= 0.6 is 11.8 Å². The Kier molecular flexibility index (Phi) is 15.9. The third-order valence-corrected chi connectivity index (χ3v) is 17.0. The first kappa shape index (κ1) is 48.3. The van der Waals surface area contributed by atoms with Crippen molar-refractivity contribution in [1.29, 1.82) is 0 Å². The summed E-state index contributed by atoms with van der Waals surface area (Å²) in [6.45, 7) is 10.9. The molecule has 65 heavy (non-hydrogen) atoms. The Morgan fingerprint density at radius 2 is 1.60 bits per heavy atom.